The van der Waals surface area contributed by atoms with Crippen molar-refractivity contribution in [3.05, 3.63) is 53.9 Å². The van der Waals surface area contributed by atoms with E-state index in [1.165, 1.54) is 23.6 Å². The average Bonchev–Trinajstić information content (AvgIpc) is 2.97. The van der Waals surface area contributed by atoms with E-state index in [4.69, 9.17) is 0 Å². The topological polar surface area (TPSA) is 84.0 Å². The first-order valence-electron chi connectivity index (χ1n) is 6.81. The van der Waals surface area contributed by atoms with Gasteiger partial charge in [-0.2, -0.15) is 4.39 Å². The van der Waals surface area contributed by atoms with E-state index >= 15 is 0 Å². The molecule has 0 spiro atoms. The highest BCUT2D eigenvalue weighted by Gasteiger charge is 2.07. The fourth-order valence-corrected chi connectivity index (χ4v) is 3.26. The smallest absolute Gasteiger partial charge is 0.229 e. The van der Waals surface area contributed by atoms with Crippen molar-refractivity contribution in [2.45, 2.75) is 0 Å². The Bertz CT molecular complexity index is 938. The quantitative estimate of drug-likeness (QED) is 0.678. The van der Waals surface area contributed by atoms with Gasteiger partial charge in [-0.05, 0) is 24.3 Å². The molecule has 0 saturated heterocycles. The molecule has 0 aliphatic rings. The van der Waals surface area contributed by atoms with Crippen molar-refractivity contribution in [2.24, 2.45) is 0 Å². The highest BCUT2D eigenvalue weighted by Crippen LogP contribution is 2.27. The molecule has 124 valence electrons. The number of sulfonamides is 1. The van der Waals surface area contributed by atoms with Crippen LogP contribution in [0.5, 0.6) is 0 Å². The molecular formula is C15H13FN4O2S2. The number of rotatable bonds is 5. The van der Waals surface area contributed by atoms with Gasteiger partial charge in [0.15, 0.2) is 5.13 Å². The molecule has 0 unspecified atom stereocenters. The maximum atomic E-state index is 12.8. The summed E-state index contributed by atoms with van der Waals surface area (Å²) in [5.74, 6) is -0.539. The first-order valence-corrected chi connectivity index (χ1v) is 9.58. The number of nitrogens with zero attached hydrogens (tertiary/aromatic N) is 2. The predicted molar refractivity (Wildman–Crippen MR) is 93.5 cm³/mol. The van der Waals surface area contributed by atoms with Gasteiger partial charge in [-0.1, -0.05) is 12.1 Å². The van der Waals surface area contributed by atoms with Crippen molar-refractivity contribution in [3.8, 4) is 11.3 Å². The minimum Gasteiger partial charge on any atom is -0.330 e. The van der Waals surface area contributed by atoms with Crippen molar-refractivity contribution in [2.75, 3.05) is 16.3 Å². The Kier molecular flexibility index (Phi) is 4.45. The molecular weight excluding hydrogens is 351 g/mol. The molecule has 2 aromatic heterocycles. The van der Waals surface area contributed by atoms with Crippen LogP contribution in [0.3, 0.4) is 0 Å². The van der Waals surface area contributed by atoms with Gasteiger partial charge >= 0.3 is 0 Å². The van der Waals surface area contributed by atoms with Crippen molar-refractivity contribution in [1.82, 2.24) is 9.97 Å². The molecule has 1 aromatic carbocycles. The second-order valence-electron chi connectivity index (χ2n) is 4.98. The van der Waals surface area contributed by atoms with Crippen LogP contribution < -0.4 is 10.0 Å². The van der Waals surface area contributed by atoms with E-state index in [0.717, 1.165) is 17.5 Å². The van der Waals surface area contributed by atoms with Gasteiger partial charge in [0.05, 0.1) is 23.8 Å². The lowest BCUT2D eigenvalue weighted by Gasteiger charge is -2.04. The number of thiazole rings is 1. The zero-order valence-corrected chi connectivity index (χ0v) is 14.2. The zero-order valence-electron chi connectivity index (χ0n) is 12.5. The summed E-state index contributed by atoms with van der Waals surface area (Å²) in [6.45, 7) is 0. The van der Waals surface area contributed by atoms with Crippen LogP contribution in [-0.4, -0.2) is 24.6 Å². The third-order valence-corrected chi connectivity index (χ3v) is 4.33. The zero-order chi connectivity index (χ0) is 17.2. The summed E-state index contributed by atoms with van der Waals surface area (Å²) in [6, 6.07) is 9.76. The van der Waals surface area contributed by atoms with Gasteiger partial charge in [0, 0.05) is 16.6 Å². The molecule has 2 N–H and O–H groups in total. The Morgan fingerprint density at radius 2 is 1.79 bits per heavy atom. The molecule has 24 heavy (non-hydrogen) atoms. The van der Waals surface area contributed by atoms with E-state index in [-0.39, 0.29) is 0 Å². The first-order chi connectivity index (χ1) is 11.4. The van der Waals surface area contributed by atoms with Gasteiger partial charge in [0.1, 0.15) is 0 Å². The lowest BCUT2D eigenvalue weighted by molar-refractivity contribution is 0.584. The fraction of sp³-hybridized carbons (Fsp3) is 0.0667. The lowest BCUT2D eigenvalue weighted by Crippen LogP contribution is -2.09. The Balaban J connectivity index is 1.74. The molecule has 3 rings (SSSR count). The third kappa shape index (κ3) is 4.27. The molecule has 2 heterocycles. The van der Waals surface area contributed by atoms with Crippen molar-refractivity contribution in [3.63, 3.8) is 0 Å². The molecule has 0 aliphatic heterocycles. The average molecular weight is 364 g/mol. The van der Waals surface area contributed by atoms with Crippen LogP contribution in [0.25, 0.3) is 11.3 Å². The molecule has 0 bridgehead atoms. The lowest BCUT2D eigenvalue weighted by atomic mass is 10.1. The van der Waals surface area contributed by atoms with Crippen LogP contribution >= 0.6 is 11.3 Å². The van der Waals surface area contributed by atoms with Crippen LogP contribution in [0.15, 0.2) is 48.0 Å². The number of hydrogen-bond acceptors (Lipinski definition) is 6. The van der Waals surface area contributed by atoms with Gasteiger partial charge in [0.25, 0.3) is 0 Å². The number of nitrogens with one attached hydrogen (secondary N) is 2. The summed E-state index contributed by atoms with van der Waals surface area (Å²) < 4.78 is 37.6. The Morgan fingerprint density at radius 3 is 2.42 bits per heavy atom. The second-order valence-corrected chi connectivity index (χ2v) is 7.59. The molecule has 0 atom stereocenters. The van der Waals surface area contributed by atoms with Crippen LogP contribution in [0.4, 0.5) is 20.9 Å². The number of halogens is 1. The van der Waals surface area contributed by atoms with E-state index in [1.54, 1.807) is 30.3 Å². The molecule has 0 aliphatic carbocycles. The highest BCUT2D eigenvalue weighted by atomic mass is 32.2. The van der Waals surface area contributed by atoms with E-state index in [2.05, 4.69) is 20.0 Å². The number of benzene rings is 1. The SMILES string of the molecule is CS(=O)(=O)Nc1ccc(-c2csc(Nc3ccc(F)nc3)n2)cc1. The normalized spacial score (nSPS) is 11.2. The van der Waals surface area contributed by atoms with Crippen LogP contribution in [-0.2, 0) is 10.0 Å². The molecule has 3 aromatic rings. The van der Waals surface area contributed by atoms with Crippen molar-refractivity contribution in [1.29, 1.82) is 0 Å². The monoisotopic (exact) mass is 364 g/mol. The van der Waals surface area contributed by atoms with E-state index in [9.17, 15) is 12.8 Å². The third-order valence-electron chi connectivity index (χ3n) is 2.97. The Labute approximate surface area is 142 Å². The van der Waals surface area contributed by atoms with Crippen molar-refractivity contribution >= 4 is 37.9 Å². The maximum Gasteiger partial charge on any atom is 0.229 e. The molecule has 9 heteroatoms. The highest BCUT2D eigenvalue weighted by molar-refractivity contribution is 7.92. The van der Waals surface area contributed by atoms with Crippen molar-refractivity contribution < 1.29 is 12.8 Å². The summed E-state index contributed by atoms with van der Waals surface area (Å²) in [7, 11) is -3.29. The summed E-state index contributed by atoms with van der Waals surface area (Å²) in [5, 5.41) is 5.57. The number of anilines is 3. The Hall–Kier alpha value is -2.52. The molecule has 0 amide bonds. The van der Waals surface area contributed by atoms with Gasteiger partial charge in [-0.25, -0.2) is 18.4 Å². The minimum absolute atomic E-state index is 0.493. The van der Waals surface area contributed by atoms with E-state index < -0.39 is 16.0 Å². The Morgan fingerprint density at radius 1 is 1.08 bits per heavy atom. The van der Waals surface area contributed by atoms with Crippen LogP contribution in [0, 0.1) is 5.95 Å². The largest absolute Gasteiger partial charge is 0.330 e. The summed E-state index contributed by atoms with van der Waals surface area (Å²) >= 11 is 1.40. The number of hydrogen-bond donors (Lipinski definition) is 2. The van der Waals surface area contributed by atoms with Gasteiger partial charge in [0.2, 0.25) is 16.0 Å². The predicted octanol–water partition coefficient (Wildman–Crippen LogP) is 3.46. The molecule has 6 nitrogen and oxygen atoms in total. The number of aromatic nitrogens is 2. The standard InChI is InChI=1S/C15H13FN4O2S2/c1-24(21,22)20-11-4-2-10(3-5-11)13-9-23-15(19-13)18-12-6-7-14(16)17-8-12/h2-9,20H,1H3,(H,18,19). The molecule has 0 fully saturated rings. The van der Waals surface area contributed by atoms with E-state index in [0.29, 0.717) is 16.5 Å². The van der Waals surface area contributed by atoms with Crippen LogP contribution in [0.1, 0.15) is 0 Å². The maximum absolute atomic E-state index is 12.8. The first kappa shape index (κ1) is 16.3. The fourth-order valence-electron chi connectivity index (χ4n) is 1.96. The molecule has 0 saturated carbocycles. The summed E-state index contributed by atoms with van der Waals surface area (Å²) in [5.41, 5.74) is 2.75. The van der Waals surface area contributed by atoms with Crippen LogP contribution in [0.2, 0.25) is 0 Å². The summed E-state index contributed by atoms with van der Waals surface area (Å²) in [6.07, 6.45) is 2.49. The van der Waals surface area contributed by atoms with Gasteiger partial charge in [-0.15, -0.1) is 11.3 Å². The number of pyridine rings is 1. The minimum atomic E-state index is -3.29. The van der Waals surface area contributed by atoms with Gasteiger partial charge in [-0.3, -0.25) is 4.72 Å². The second kappa shape index (κ2) is 6.54. The van der Waals surface area contributed by atoms with E-state index in [1.807, 2.05) is 5.38 Å². The summed E-state index contributed by atoms with van der Waals surface area (Å²) in [4.78, 5) is 8.02. The molecule has 0 radical (unpaired) electrons. The van der Waals surface area contributed by atoms with Gasteiger partial charge < -0.3 is 5.32 Å².